The van der Waals surface area contributed by atoms with E-state index in [4.69, 9.17) is 16.3 Å². The zero-order valence-electron chi connectivity index (χ0n) is 13.5. The summed E-state index contributed by atoms with van der Waals surface area (Å²) in [5.41, 5.74) is 4.56. The van der Waals surface area contributed by atoms with Crippen molar-refractivity contribution in [2.24, 2.45) is 5.92 Å². The van der Waals surface area contributed by atoms with Crippen LogP contribution in [0.2, 0.25) is 5.02 Å². The third-order valence-electron chi connectivity index (χ3n) is 4.74. The number of halogens is 1. The lowest BCUT2D eigenvalue weighted by atomic mass is 9.96. The van der Waals surface area contributed by atoms with E-state index in [9.17, 15) is 0 Å². The van der Waals surface area contributed by atoms with Gasteiger partial charge < -0.3 is 15.4 Å². The van der Waals surface area contributed by atoms with E-state index in [1.807, 2.05) is 24.3 Å². The van der Waals surface area contributed by atoms with Gasteiger partial charge in [-0.25, -0.2) is 0 Å². The second-order valence-electron chi connectivity index (χ2n) is 6.40. The van der Waals surface area contributed by atoms with Crippen LogP contribution in [0.1, 0.15) is 17.5 Å². The van der Waals surface area contributed by atoms with Gasteiger partial charge in [-0.05, 0) is 37.1 Å². The summed E-state index contributed by atoms with van der Waals surface area (Å²) in [4.78, 5) is 0. The van der Waals surface area contributed by atoms with Gasteiger partial charge in [-0.1, -0.05) is 23.7 Å². The standard InChI is InChI=1S/C18H21ClN4O/c19-14-3-1-13(2-4-14)17-15-5-7-20-10-16(15)18(23-22-17)21-9-12-6-8-24-11-12/h1-4,12,20H,5-11H2,(H,21,23)/t12-/m1/s1. The average Bonchev–Trinajstić information content (AvgIpc) is 3.14. The van der Waals surface area contributed by atoms with Crippen molar-refractivity contribution in [3.63, 3.8) is 0 Å². The number of aromatic nitrogens is 2. The molecule has 6 heteroatoms. The molecule has 0 saturated carbocycles. The van der Waals surface area contributed by atoms with Crippen molar-refractivity contribution >= 4 is 17.4 Å². The monoisotopic (exact) mass is 344 g/mol. The van der Waals surface area contributed by atoms with E-state index in [-0.39, 0.29) is 0 Å². The highest BCUT2D eigenvalue weighted by Crippen LogP contribution is 2.30. The summed E-state index contributed by atoms with van der Waals surface area (Å²) in [6.07, 6.45) is 2.08. The molecule has 3 heterocycles. The Morgan fingerprint density at radius 1 is 1.21 bits per heavy atom. The highest BCUT2D eigenvalue weighted by atomic mass is 35.5. The number of hydrogen-bond acceptors (Lipinski definition) is 5. The van der Waals surface area contributed by atoms with Gasteiger partial charge in [0.25, 0.3) is 0 Å². The summed E-state index contributed by atoms with van der Waals surface area (Å²) in [6.45, 7) is 4.39. The maximum atomic E-state index is 6.00. The number of nitrogens with one attached hydrogen (secondary N) is 2. The molecule has 2 aliphatic heterocycles. The molecule has 0 bridgehead atoms. The fourth-order valence-electron chi connectivity index (χ4n) is 3.36. The van der Waals surface area contributed by atoms with E-state index in [0.29, 0.717) is 5.92 Å². The minimum absolute atomic E-state index is 0.565. The molecule has 2 N–H and O–H groups in total. The Bertz CT molecular complexity index is 714. The Balaban J connectivity index is 1.63. The van der Waals surface area contributed by atoms with Crippen LogP contribution >= 0.6 is 11.6 Å². The van der Waals surface area contributed by atoms with Crippen molar-refractivity contribution in [3.8, 4) is 11.3 Å². The average molecular weight is 345 g/mol. The second-order valence-corrected chi connectivity index (χ2v) is 6.83. The summed E-state index contributed by atoms with van der Waals surface area (Å²) in [7, 11) is 0. The Morgan fingerprint density at radius 3 is 2.88 bits per heavy atom. The first-order valence-electron chi connectivity index (χ1n) is 8.48. The summed E-state index contributed by atoms with van der Waals surface area (Å²) in [5, 5.41) is 16.7. The van der Waals surface area contributed by atoms with Gasteiger partial charge in [0.15, 0.2) is 5.82 Å². The van der Waals surface area contributed by atoms with Crippen LogP contribution in [0.25, 0.3) is 11.3 Å². The lowest BCUT2D eigenvalue weighted by Gasteiger charge is -2.23. The fraction of sp³-hybridized carbons (Fsp3) is 0.444. The third-order valence-corrected chi connectivity index (χ3v) is 4.99. The van der Waals surface area contributed by atoms with E-state index in [1.54, 1.807) is 0 Å². The van der Waals surface area contributed by atoms with E-state index >= 15 is 0 Å². The van der Waals surface area contributed by atoms with Crippen molar-refractivity contribution in [3.05, 3.63) is 40.4 Å². The molecule has 2 aliphatic rings. The molecule has 0 spiro atoms. The zero-order valence-corrected chi connectivity index (χ0v) is 14.3. The molecule has 4 rings (SSSR count). The molecule has 1 aromatic heterocycles. The van der Waals surface area contributed by atoms with Crippen molar-refractivity contribution in [2.45, 2.75) is 19.4 Å². The number of fused-ring (bicyclic) bond motifs is 1. The van der Waals surface area contributed by atoms with Gasteiger partial charge in [0.1, 0.15) is 0 Å². The molecule has 2 aromatic rings. The minimum atomic E-state index is 0.565. The largest absolute Gasteiger partial charge is 0.381 e. The molecule has 0 radical (unpaired) electrons. The molecule has 0 aliphatic carbocycles. The van der Waals surface area contributed by atoms with Crippen LogP contribution in [0.15, 0.2) is 24.3 Å². The molecular weight excluding hydrogens is 324 g/mol. The summed E-state index contributed by atoms with van der Waals surface area (Å²) in [6, 6.07) is 7.83. The first-order chi connectivity index (χ1) is 11.8. The molecular formula is C18H21ClN4O. The second kappa shape index (κ2) is 7.05. The van der Waals surface area contributed by atoms with Gasteiger partial charge in [-0.15, -0.1) is 10.2 Å². The maximum Gasteiger partial charge on any atom is 0.153 e. The third kappa shape index (κ3) is 3.24. The van der Waals surface area contributed by atoms with Crippen LogP contribution in [0.4, 0.5) is 5.82 Å². The summed E-state index contributed by atoms with van der Waals surface area (Å²) < 4.78 is 5.45. The van der Waals surface area contributed by atoms with Gasteiger partial charge in [0.2, 0.25) is 0 Å². The molecule has 0 unspecified atom stereocenters. The van der Waals surface area contributed by atoms with Gasteiger partial charge >= 0.3 is 0 Å². The number of rotatable bonds is 4. The van der Waals surface area contributed by atoms with Crippen molar-refractivity contribution < 1.29 is 4.74 Å². The number of benzene rings is 1. The molecule has 126 valence electrons. The first kappa shape index (κ1) is 15.8. The van der Waals surface area contributed by atoms with Gasteiger partial charge in [-0.3, -0.25) is 0 Å². The van der Waals surface area contributed by atoms with Crippen LogP contribution in [-0.4, -0.2) is 36.5 Å². The molecule has 5 nitrogen and oxygen atoms in total. The van der Waals surface area contributed by atoms with E-state index in [1.165, 1.54) is 11.1 Å². The van der Waals surface area contributed by atoms with E-state index in [2.05, 4.69) is 20.8 Å². The van der Waals surface area contributed by atoms with Gasteiger partial charge in [-0.2, -0.15) is 0 Å². The van der Waals surface area contributed by atoms with Crippen molar-refractivity contribution in [1.29, 1.82) is 0 Å². The Morgan fingerprint density at radius 2 is 2.08 bits per heavy atom. The van der Waals surface area contributed by atoms with Gasteiger partial charge in [0.05, 0.1) is 12.3 Å². The molecule has 1 saturated heterocycles. The molecule has 24 heavy (non-hydrogen) atoms. The topological polar surface area (TPSA) is 59.1 Å². The normalized spacial score (nSPS) is 20.0. The Labute approximate surface area is 146 Å². The van der Waals surface area contributed by atoms with E-state index < -0.39 is 0 Å². The highest BCUT2D eigenvalue weighted by Gasteiger charge is 2.22. The highest BCUT2D eigenvalue weighted by molar-refractivity contribution is 6.30. The van der Waals surface area contributed by atoms with Gasteiger partial charge in [0, 0.05) is 41.8 Å². The predicted molar refractivity (Wildman–Crippen MR) is 95.3 cm³/mol. The number of ether oxygens (including phenoxy) is 1. The first-order valence-corrected chi connectivity index (χ1v) is 8.86. The molecule has 1 aromatic carbocycles. The molecule has 1 atom stereocenters. The maximum absolute atomic E-state index is 6.00. The Hall–Kier alpha value is -1.69. The van der Waals surface area contributed by atoms with Crippen LogP contribution in [0, 0.1) is 5.92 Å². The minimum Gasteiger partial charge on any atom is -0.381 e. The summed E-state index contributed by atoms with van der Waals surface area (Å²) >= 11 is 6.00. The van der Waals surface area contributed by atoms with Crippen LogP contribution < -0.4 is 10.6 Å². The lowest BCUT2D eigenvalue weighted by Crippen LogP contribution is -2.27. The lowest BCUT2D eigenvalue weighted by molar-refractivity contribution is 0.187. The zero-order chi connectivity index (χ0) is 16.4. The Kier molecular flexibility index (Phi) is 4.65. The van der Waals surface area contributed by atoms with Crippen molar-refractivity contribution in [2.75, 3.05) is 31.6 Å². The number of hydrogen-bond donors (Lipinski definition) is 2. The van der Waals surface area contributed by atoms with Crippen LogP contribution in [-0.2, 0) is 17.7 Å². The number of anilines is 1. The van der Waals surface area contributed by atoms with Crippen LogP contribution in [0.5, 0.6) is 0 Å². The van der Waals surface area contributed by atoms with E-state index in [0.717, 1.165) is 67.8 Å². The smallest absolute Gasteiger partial charge is 0.153 e. The molecule has 1 fully saturated rings. The molecule has 0 amide bonds. The van der Waals surface area contributed by atoms with Crippen LogP contribution in [0.3, 0.4) is 0 Å². The van der Waals surface area contributed by atoms with Crippen molar-refractivity contribution in [1.82, 2.24) is 15.5 Å². The fourth-order valence-corrected chi connectivity index (χ4v) is 3.49. The quantitative estimate of drug-likeness (QED) is 0.893. The number of nitrogens with zero attached hydrogens (tertiary/aromatic N) is 2. The predicted octanol–water partition coefficient (Wildman–Crippen LogP) is 2.89. The SMILES string of the molecule is Clc1ccc(-c2nnc(NC[C@H]3CCOC3)c3c2CCNC3)cc1. The summed E-state index contributed by atoms with van der Waals surface area (Å²) in [5.74, 6) is 1.47.